The van der Waals surface area contributed by atoms with Gasteiger partial charge in [0.05, 0.1) is 0 Å². The molecule has 0 amide bonds. The maximum Gasteiger partial charge on any atom is 0.106 e. The first kappa shape index (κ1) is 10.7. The van der Waals surface area contributed by atoms with Crippen LogP contribution in [0.3, 0.4) is 0 Å². The summed E-state index contributed by atoms with van der Waals surface area (Å²) in [5, 5.41) is 10.7. The maximum absolute atomic E-state index is 10.7. The Labute approximate surface area is 91.5 Å². The molecule has 0 aromatic heterocycles. The monoisotopic (exact) mass is 205 g/mol. The molecule has 1 fully saturated rings. The van der Waals surface area contributed by atoms with Crippen LogP contribution in [0.25, 0.3) is 0 Å². The van der Waals surface area contributed by atoms with Crippen molar-refractivity contribution in [3.05, 3.63) is 35.4 Å². The molecule has 1 aliphatic heterocycles. The van der Waals surface area contributed by atoms with Gasteiger partial charge in [0.2, 0.25) is 0 Å². The van der Waals surface area contributed by atoms with Gasteiger partial charge in [0.1, 0.15) is 5.60 Å². The minimum absolute atomic E-state index is 0.195. The van der Waals surface area contributed by atoms with Crippen molar-refractivity contribution in [2.75, 3.05) is 13.6 Å². The van der Waals surface area contributed by atoms with Crippen molar-refractivity contribution in [1.29, 1.82) is 0 Å². The third kappa shape index (κ3) is 1.68. The van der Waals surface area contributed by atoms with Gasteiger partial charge in [-0.25, -0.2) is 0 Å². The van der Waals surface area contributed by atoms with Gasteiger partial charge in [-0.3, -0.25) is 0 Å². The van der Waals surface area contributed by atoms with E-state index in [0.717, 1.165) is 18.5 Å². The lowest BCUT2D eigenvalue weighted by molar-refractivity contribution is 0.0109. The molecule has 1 heterocycles. The summed E-state index contributed by atoms with van der Waals surface area (Å²) in [6, 6.07) is 8.42. The van der Waals surface area contributed by atoms with Crippen molar-refractivity contribution < 1.29 is 5.11 Å². The molecule has 1 aliphatic rings. The van der Waals surface area contributed by atoms with Gasteiger partial charge in [-0.05, 0) is 32.9 Å². The SMILES string of the molecule is Cc1ccc(C2(O)CCN(C)C2C)cc1. The Balaban J connectivity index is 2.33. The Hall–Kier alpha value is -0.860. The van der Waals surface area contributed by atoms with Crippen LogP contribution in [0.4, 0.5) is 0 Å². The molecule has 15 heavy (non-hydrogen) atoms. The van der Waals surface area contributed by atoms with E-state index in [4.69, 9.17) is 0 Å². The lowest BCUT2D eigenvalue weighted by Gasteiger charge is -2.30. The number of likely N-dealkylation sites (N-methyl/N-ethyl adjacent to an activating group) is 1. The van der Waals surface area contributed by atoms with Crippen LogP contribution in [0.5, 0.6) is 0 Å². The van der Waals surface area contributed by atoms with Gasteiger partial charge < -0.3 is 10.0 Å². The van der Waals surface area contributed by atoms with E-state index in [0.29, 0.717) is 0 Å². The standard InChI is InChI=1S/C13H19NO/c1-10-4-6-12(7-5-10)13(15)8-9-14(3)11(13)2/h4-7,11,15H,8-9H2,1-3H3. The molecule has 1 saturated heterocycles. The molecule has 1 aromatic rings. The molecule has 2 unspecified atom stereocenters. The van der Waals surface area contributed by atoms with Crippen LogP contribution >= 0.6 is 0 Å². The molecule has 0 spiro atoms. The molecular formula is C13H19NO. The summed E-state index contributed by atoms with van der Waals surface area (Å²) < 4.78 is 0. The number of likely N-dealkylation sites (tertiary alicyclic amines) is 1. The molecule has 1 N–H and O–H groups in total. The van der Waals surface area contributed by atoms with Crippen LogP contribution in [0.1, 0.15) is 24.5 Å². The van der Waals surface area contributed by atoms with Crippen LogP contribution in [0.15, 0.2) is 24.3 Å². The first-order chi connectivity index (χ1) is 7.04. The van der Waals surface area contributed by atoms with E-state index in [2.05, 4.69) is 37.9 Å². The number of benzene rings is 1. The molecule has 2 atom stereocenters. The van der Waals surface area contributed by atoms with E-state index in [9.17, 15) is 5.11 Å². The van der Waals surface area contributed by atoms with E-state index in [1.807, 2.05) is 12.1 Å². The van der Waals surface area contributed by atoms with E-state index < -0.39 is 5.60 Å². The lowest BCUT2D eigenvalue weighted by atomic mass is 9.87. The van der Waals surface area contributed by atoms with E-state index in [-0.39, 0.29) is 6.04 Å². The molecular weight excluding hydrogens is 186 g/mol. The molecule has 0 aliphatic carbocycles. The van der Waals surface area contributed by atoms with Crippen molar-refractivity contribution in [3.63, 3.8) is 0 Å². The van der Waals surface area contributed by atoms with Crippen molar-refractivity contribution in [1.82, 2.24) is 4.90 Å². The topological polar surface area (TPSA) is 23.5 Å². The molecule has 1 aromatic carbocycles. The fourth-order valence-corrected chi connectivity index (χ4v) is 2.34. The number of aryl methyl sites for hydroxylation is 1. The second-order valence-corrected chi connectivity index (χ2v) is 4.70. The number of hydrogen-bond donors (Lipinski definition) is 1. The molecule has 2 rings (SSSR count). The third-order valence-corrected chi connectivity index (χ3v) is 3.75. The predicted molar refractivity (Wildman–Crippen MR) is 61.8 cm³/mol. The maximum atomic E-state index is 10.7. The van der Waals surface area contributed by atoms with Crippen molar-refractivity contribution in [2.24, 2.45) is 0 Å². The first-order valence-corrected chi connectivity index (χ1v) is 5.54. The Morgan fingerprint density at radius 3 is 2.40 bits per heavy atom. The quantitative estimate of drug-likeness (QED) is 0.757. The Bertz CT molecular complexity index is 346. The van der Waals surface area contributed by atoms with E-state index >= 15 is 0 Å². The van der Waals surface area contributed by atoms with Crippen molar-refractivity contribution in [2.45, 2.75) is 31.9 Å². The normalized spacial score (nSPS) is 32.1. The summed E-state index contributed by atoms with van der Waals surface area (Å²) in [5.41, 5.74) is 1.62. The Morgan fingerprint density at radius 1 is 1.33 bits per heavy atom. The molecule has 0 bridgehead atoms. The van der Waals surface area contributed by atoms with Gasteiger partial charge in [-0.2, -0.15) is 0 Å². The molecule has 0 radical (unpaired) electrons. The highest BCUT2D eigenvalue weighted by Crippen LogP contribution is 2.36. The average Bonchev–Trinajstić information content (AvgIpc) is 2.48. The van der Waals surface area contributed by atoms with Gasteiger partial charge in [-0.15, -0.1) is 0 Å². The van der Waals surface area contributed by atoms with Crippen molar-refractivity contribution >= 4 is 0 Å². The predicted octanol–water partition coefficient (Wildman–Crippen LogP) is 1.91. The molecule has 82 valence electrons. The fraction of sp³-hybridized carbons (Fsp3) is 0.538. The highest BCUT2D eigenvalue weighted by atomic mass is 16.3. The van der Waals surface area contributed by atoms with Gasteiger partial charge in [-0.1, -0.05) is 29.8 Å². The van der Waals surface area contributed by atoms with Crippen LogP contribution in [0, 0.1) is 6.92 Å². The minimum Gasteiger partial charge on any atom is -0.383 e. The average molecular weight is 205 g/mol. The second-order valence-electron chi connectivity index (χ2n) is 4.70. The van der Waals surface area contributed by atoms with Crippen molar-refractivity contribution in [3.8, 4) is 0 Å². The fourth-order valence-electron chi connectivity index (χ4n) is 2.34. The van der Waals surface area contributed by atoms with Gasteiger partial charge in [0.15, 0.2) is 0 Å². The smallest absolute Gasteiger partial charge is 0.106 e. The molecule has 2 heteroatoms. The zero-order valence-electron chi connectivity index (χ0n) is 9.70. The van der Waals surface area contributed by atoms with Crippen LogP contribution in [-0.4, -0.2) is 29.6 Å². The minimum atomic E-state index is -0.664. The largest absolute Gasteiger partial charge is 0.383 e. The van der Waals surface area contributed by atoms with Crippen LogP contribution < -0.4 is 0 Å². The third-order valence-electron chi connectivity index (χ3n) is 3.75. The molecule has 2 nitrogen and oxygen atoms in total. The second kappa shape index (κ2) is 3.62. The van der Waals surface area contributed by atoms with E-state index in [1.165, 1.54) is 5.56 Å². The summed E-state index contributed by atoms with van der Waals surface area (Å²) in [5.74, 6) is 0. The number of nitrogens with zero attached hydrogens (tertiary/aromatic N) is 1. The number of aliphatic hydroxyl groups is 1. The summed E-state index contributed by atoms with van der Waals surface area (Å²) in [4.78, 5) is 2.21. The summed E-state index contributed by atoms with van der Waals surface area (Å²) >= 11 is 0. The van der Waals surface area contributed by atoms with E-state index in [1.54, 1.807) is 0 Å². The zero-order valence-corrected chi connectivity index (χ0v) is 9.70. The summed E-state index contributed by atoms with van der Waals surface area (Å²) in [6.07, 6.45) is 0.827. The zero-order chi connectivity index (χ0) is 11.1. The number of hydrogen-bond acceptors (Lipinski definition) is 2. The van der Waals surface area contributed by atoms with Gasteiger partial charge in [0, 0.05) is 12.6 Å². The molecule has 0 saturated carbocycles. The number of rotatable bonds is 1. The van der Waals surface area contributed by atoms with Crippen LogP contribution in [-0.2, 0) is 5.60 Å². The summed E-state index contributed by atoms with van der Waals surface area (Å²) in [7, 11) is 2.07. The first-order valence-electron chi connectivity index (χ1n) is 5.54. The van der Waals surface area contributed by atoms with Gasteiger partial charge in [0.25, 0.3) is 0 Å². The van der Waals surface area contributed by atoms with Gasteiger partial charge >= 0.3 is 0 Å². The Morgan fingerprint density at radius 2 is 1.93 bits per heavy atom. The lowest BCUT2D eigenvalue weighted by Crippen LogP contribution is -2.38. The Kier molecular flexibility index (Phi) is 2.57. The highest BCUT2D eigenvalue weighted by molar-refractivity contribution is 5.29. The highest BCUT2D eigenvalue weighted by Gasteiger charge is 2.42. The van der Waals surface area contributed by atoms with Crippen LogP contribution in [0.2, 0.25) is 0 Å². The summed E-state index contributed by atoms with van der Waals surface area (Å²) in [6.45, 7) is 5.12.